The topological polar surface area (TPSA) is 92.8 Å². The molecule has 2 aliphatic rings. The fourth-order valence-corrected chi connectivity index (χ4v) is 5.01. The maximum Gasteiger partial charge on any atom is 0.326 e. The van der Waals surface area contributed by atoms with Crippen molar-refractivity contribution in [3.8, 4) is 0 Å². The van der Waals surface area contributed by atoms with E-state index >= 15 is 0 Å². The van der Waals surface area contributed by atoms with Gasteiger partial charge in [-0.15, -0.1) is 0 Å². The summed E-state index contributed by atoms with van der Waals surface area (Å²) in [5.41, 5.74) is 1.64. The number of halogens is 2. The van der Waals surface area contributed by atoms with Crippen LogP contribution < -0.4 is 5.32 Å². The van der Waals surface area contributed by atoms with Crippen LogP contribution in [0.5, 0.6) is 0 Å². The van der Waals surface area contributed by atoms with Crippen LogP contribution >= 0.6 is 31.9 Å². The maximum absolute atomic E-state index is 12.6. The van der Waals surface area contributed by atoms with Gasteiger partial charge in [0.2, 0.25) is 11.8 Å². The summed E-state index contributed by atoms with van der Waals surface area (Å²) in [7, 11) is 0. The van der Waals surface area contributed by atoms with E-state index in [4.69, 9.17) is 4.74 Å². The van der Waals surface area contributed by atoms with Crippen molar-refractivity contribution in [2.24, 2.45) is 11.8 Å². The molecule has 1 saturated heterocycles. The van der Waals surface area contributed by atoms with Crippen molar-refractivity contribution >= 4 is 61.2 Å². The number of carbonyl (C=O) groups is 4. The van der Waals surface area contributed by atoms with Crippen molar-refractivity contribution in [3.63, 3.8) is 0 Å². The number of anilines is 1. The Bertz CT molecular complexity index is 803. The van der Waals surface area contributed by atoms with Crippen LogP contribution in [0.1, 0.15) is 25.3 Å². The zero-order chi connectivity index (χ0) is 21.1. The number of esters is 1. The predicted octanol–water partition coefficient (Wildman–Crippen LogP) is 2.65. The lowest BCUT2D eigenvalue weighted by Gasteiger charge is -2.29. The zero-order valence-electron chi connectivity index (χ0n) is 15.9. The van der Waals surface area contributed by atoms with Gasteiger partial charge in [-0.25, -0.2) is 0 Å². The first-order valence-electron chi connectivity index (χ1n) is 9.48. The molecule has 29 heavy (non-hydrogen) atoms. The largest absolute Gasteiger partial charge is 0.454 e. The minimum atomic E-state index is -0.782. The van der Waals surface area contributed by atoms with E-state index < -0.39 is 36.9 Å². The van der Waals surface area contributed by atoms with E-state index in [1.807, 2.05) is 19.1 Å². The van der Waals surface area contributed by atoms with Crippen molar-refractivity contribution in [1.82, 2.24) is 4.90 Å². The number of fused-ring (bicyclic) bond motifs is 1. The van der Waals surface area contributed by atoms with E-state index in [2.05, 4.69) is 37.2 Å². The van der Waals surface area contributed by atoms with Gasteiger partial charge < -0.3 is 10.1 Å². The van der Waals surface area contributed by atoms with Crippen LogP contribution in [0.25, 0.3) is 0 Å². The molecule has 1 N–H and O–H groups in total. The fourth-order valence-electron chi connectivity index (χ4n) is 3.78. The van der Waals surface area contributed by atoms with E-state index in [0.717, 1.165) is 16.9 Å². The van der Waals surface area contributed by atoms with Crippen molar-refractivity contribution in [2.45, 2.75) is 35.8 Å². The average molecular weight is 530 g/mol. The molecule has 1 aliphatic carbocycles. The Morgan fingerprint density at radius 1 is 1.10 bits per heavy atom. The molecule has 1 heterocycles. The first-order chi connectivity index (χ1) is 13.8. The Morgan fingerprint density at radius 2 is 1.69 bits per heavy atom. The monoisotopic (exact) mass is 528 g/mol. The summed E-state index contributed by atoms with van der Waals surface area (Å²) in [5.74, 6) is -2.78. The van der Waals surface area contributed by atoms with Gasteiger partial charge in [0.05, 0.1) is 11.8 Å². The highest BCUT2D eigenvalue weighted by molar-refractivity contribution is 9.12. The third-order valence-electron chi connectivity index (χ3n) is 5.33. The number of nitrogens with one attached hydrogen (secondary N) is 1. The van der Waals surface area contributed by atoms with E-state index in [0.29, 0.717) is 18.5 Å². The predicted molar refractivity (Wildman–Crippen MR) is 114 cm³/mol. The summed E-state index contributed by atoms with van der Waals surface area (Å²) in [6.07, 6.45) is 1.83. The molecule has 2 fully saturated rings. The summed E-state index contributed by atoms with van der Waals surface area (Å²) >= 11 is 7.04. The van der Waals surface area contributed by atoms with Crippen LogP contribution in [0.3, 0.4) is 0 Å². The molecule has 9 heteroatoms. The van der Waals surface area contributed by atoms with Gasteiger partial charge in [-0.1, -0.05) is 57.0 Å². The molecular weight excluding hydrogens is 508 g/mol. The highest BCUT2D eigenvalue weighted by atomic mass is 79.9. The maximum atomic E-state index is 12.6. The number of rotatable bonds is 6. The first-order valence-corrected chi connectivity index (χ1v) is 11.3. The smallest absolute Gasteiger partial charge is 0.326 e. The van der Waals surface area contributed by atoms with Gasteiger partial charge in [0.1, 0.15) is 6.54 Å². The molecule has 0 spiro atoms. The molecular formula is C20H22Br2N2O5. The SMILES string of the molecule is CCc1ccccc1NC(=O)COC(=O)CN1C(=O)[C@H]2C[C@@H](Br)[C@@H](Br)C[C@H]2C1=O. The Hall–Kier alpha value is -1.74. The molecule has 0 aromatic heterocycles. The van der Waals surface area contributed by atoms with Gasteiger partial charge in [-0.05, 0) is 30.9 Å². The van der Waals surface area contributed by atoms with Gasteiger partial charge in [-0.2, -0.15) is 0 Å². The minimum Gasteiger partial charge on any atom is -0.454 e. The van der Waals surface area contributed by atoms with E-state index in [1.54, 1.807) is 12.1 Å². The Labute approximate surface area is 185 Å². The normalized spacial score (nSPS) is 26.2. The van der Waals surface area contributed by atoms with Crippen LogP contribution in [0.15, 0.2) is 24.3 Å². The van der Waals surface area contributed by atoms with Crippen LogP contribution in [-0.4, -0.2) is 51.4 Å². The Morgan fingerprint density at radius 3 is 2.28 bits per heavy atom. The number of imide groups is 1. The Balaban J connectivity index is 1.52. The number of para-hydroxylation sites is 1. The van der Waals surface area contributed by atoms with Crippen LogP contribution in [0.4, 0.5) is 5.69 Å². The second-order valence-electron chi connectivity index (χ2n) is 7.20. The summed E-state index contributed by atoms with van der Waals surface area (Å²) in [4.78, 5) is 50.5. The number of aryl methyl sites for hydroxylation is 1. The number of ether oxygens (including phenoxy) is 1. The molecule has 4 atom stereocenters. The highest BCUT2D eigenvalue weighted by Gasteiger charge is 2.52. The molecule has 1 saturated carbocycles. The molecule has 1 aromatic rings. The second-order valence-corrected chi connectivity index (χ2v) is 9.55. The van der Waals surface area contributed by atoms with Crippen molar-refractivity contribution in [2.75, 3.05) is 18.5 Å². The third kappa shape index (κ3) is 4.88. The number of alkyl halides is 2. The number of likely N-dealkylation sites (tertiary alicyclic amines) is 1. The molecule has 1 aliphatic heterocycles. The number of carbonyl (C=O) groups excluding carboxylic acids is 4. The lowest BCUT2D eigenvalue weighted by molar-refractivity contribution is -0.154. The fraction of sp³-hybridized carbons (Fsp3) is 0.500. The lowest BCUT2D eigenvalue weighted by Crippen LogP contribution is -2.37. The molecule has 3 amide bonds. The quantitative estimate of drug-likeness (QED) is 0.347. The van der Waals surface area contributed by atoms with Gasteiger partial charge in [0.15, 0.2) is 6.61 Å². The van der Waals surface area contributed by atoms with E-state index in [1.165, 1.54) is 0 Å². The summed E-state index contributed by atoms with van der Waals surface area (Å²) < 4.78 is 4.99. The molecule has 1 aromatic carbocycles. The second kappa shape index (κ2) is 9.38. The van der Waals surface area contributed by atoms with Crippen molar-refractivity contribution < 1.29 is 23.9 Å². The lowest BCUT2D eigenvalue weighted by atomic mass is 9.81. The van der Waals surface area contributed by atoms with Crippen LogP contribution in [0.2, 0.25) is 0 Å². The molecule has 0 radical (unpaired) electrons. The van der Waals surface area contributed by atoms with Crippen LogP contribution in [0, 0.1) is 11.8 Å². The molecule has 0 bridgehead atoms. The highest BCUT2D eigenvalue weighted by Crippen LogP contribution is 2.43. The first kappa shape index (κ1) is 22.0. The van der Waals surface area contributed by atoms with Crippen LogP contribution in [-0.2, 0) is 30.3 Å². The Kier molecular flexibility index (Phi) is 7.10. The van der Waals surface area contributed by atoms with Gasteiger partial charge in [-0.3, -0.25) is 24.1 Å². The number of nitrogens with zero attached hydrogens (tertiary/aromatic N) is 1. The van der Waals surface area contributed by atoms with E-state index in [-0.39, 0.29) is 21.5 Å². The van der Waals surface area contributed by atoms with Gasteiger partial charge >= 0.3 is 5.97 Å². The molecule has 7 nitrogen and oxygen atoms in total. The van der Waals surface area contributed by atoms with Gasteiger partial charge in [0, 0.05) is 15.3 Å². The van der Waals surface area contributed by atoms with Crippen molar-refractivity contribution in [3.05, 3.63) is 29.8 Å². The molecule has 0 unspecified atom stereocenters. The van der Waals surface area contributed by atoms with Gasteiger partial charge in [0.25, 0.3) is 5.91 Å². The van der Waals surface area contributed by atoms with E-state index in [9.17, 15) is 19.2 Å². The third-order valence-corrected chi connectivity index (χ3v) is 8.06. The summed E-state index contributed by atoms with van der Waals surface area (Å²) in [6.45, 7) is 1.03. The summed E-state index contributed by atoms with van der Waals surface area (Å²) in [5, 5.41) is 2.70. The average Bonchev–Trinajstić information content (AvgIpc) is 2.91. The summed E-state index contributed by atoms with van der Waals surface area (Å²) in [6, 6.07) is 7.36. The number of benzene rings is 1. The van der Waals surface area contributed by atoms with Crippen molar-refractivity contribution in [1.29, 1.82) is 0 Å². The number of amides is 3. The number of hydrogen-bond acceptors (Lipinski definition) is 5. The zero-order valence-corrected chi connectivity index (χ0v) is 19.1. The minimum absolute atomic E-state index is 0.0992. The molecule has 156 valence electrons. The molecule has 3 rings (SSSR count). The standard InChI is InChI=1S/C20H22Br2N2O5/c1-2-11-5-3-4-6-16(11)23-17(25)10-29-18(26)9-24-19(27)12-7-14(21)15(22)8-13(12)20(24)28/h3-6,12-15H,2,7-10H2,1H3,(H,23,25)/t12-,13+,14+,15-. The number of hydrogen-bond donors (Lipinski definition) is 1.